The van der Waals surface area contributed by atoms with Crippen LogP contribution in [0.1, 0.15) is 5.69 Å². The summed E-state index contributed by atoms with van der Waals surface area (Å²) >= 11 is 0. The lowest BCUT2D eigenvalue weighted by Gasteiger charge is -2.06. The van der Waals surface area contributed by atoms with Crippen molar-refractivity contribution in [3.8, 4) is 0 Å². The van der Waals surface area contributed by atoms with Gasteiger partial charge in [-0.15, -0.1) is 0 Å². The van der Waals surface area contributed by atoms with E-state index in [1.54, 1.807) is 18.3 Å². The van der Waals surface area contributed by atoms with Crippen LogP contribution in [0.15, 0.2) is 36.5 Å². The molecule has 2 aromatic heterocycles. The number of nitrogens with zero attached hydrogens (tertiary/aromatic N) is 3. The summed E-state index contributed by atoms with van der Waals surface area (Å²) in [4.78, 5) is 8.15. The van der Waals surface area contributed by atoms with E-state index in [2.05, 4.69) is 9.97 Å². The first-order chi connectivity index (χ1) is 9.16. The fourth-order valence-corrected chi connectivity index (χ4v) is 1.99. The van der Waals surface area contributed by atoms with Crippen molar-refractivity contribution in [3.05, 3.63) is 53.9 Å². The van der Waals surface area contributed by atoms with E-state index in [4.69, 9.17) is 5.73 Å². The highest BCUT2D eigenvalue weighted by molar-refractivity contribution is 5.79. The van der Waals surface area contributed by atoms with Crippen molar-refractivity contribution in [1.29, 1.82) is 0 Å². The quantitative estimate of drug-likeness (QED) is 0.769. The Hall–Kier alpha value is -2.50. The van der Waals surface area contributed by atoms with Gasteiger partial charge in [-0.25, -0.2) is 13.8 Å². The Labute approximate surface area is 107 Å². The van der Waals surface area contributed by atoms with E-state index in [1.807, 2.05) is 6.07 Å². The number of nitrogens with two attached hydrogens (primary N) is 1. The maximum Gasteiger partial charge on any atom is 0.201 e. The maximum atomic E-state index is 13.9. The molecule has 0 saturated carbocycles. The highest BCUT2D eigenvalue weighted by Gasteiger charge is 2.16. The smallest absolute Gasteiger partial charge is 0.201 e. The third-order valence-corrected chi connectivity index (χ3v) is 2.88. The highest BCUT2D eigenvalue weighted by Crippen LogP contribution is 2.23. The molecule has 0 fully saturated rings. The molecular weight excluding hydrogens is 250 g/mol. The van der Waals surface area contributed by atoms with Gasteiger partial charge in [0.25, 0.3) is 0 Å². The molecule has 1 aromatic carbocycles. The first kappa shape index (κ1) is 11.6. The van der Waals surface area contributed by atoms with Gasteiger partial charge in [0, 0.05) is 6.20 Å². The molecule has 0 unspecified atom stereocenters. The van der Waals surface area contributed by atoms with Gasteiger partial charge in [0.15, 0.2) is 11.6 Å². The van der Waals surface area contributed by atoms with Gasteiger partial charge in [0.1, 0.15) is 5.52 Å². The lowest BCUT2D eigenvalue weighted by Crippen LogP contribution is -2.07. The van der Waals surface area contributed by atoms with Crippen molar-refractivity contribution >= 4 is 17.0 Å². The SMILES string of the molecule is Nc1nc2ccc(F)c(F)c2n1Cc1ccccn1. The van der Waals surface area contributed by atoms with E-state index in [-0.39, 0.29) is 18.0 Å². The lowest BCUT2D eigenvalue weighted by atomic mass is 10.3. The van der Waals surface area contributed by atoms with Crippen LogP contribution >= 0.6 is 0 Å². The van der Waals surface area contributed by atoms with Crippen LogP contribution in [0, 0.1) is 11.6 Å². The number of imidazole rings is 1. The number of benzene rings is 1. The number of halogens is 2. The Balaban J connectivity index is 2.18. The molecule has 0 saturated heterocycles. The van der Waals surface area contributed by atoms with Crippen LogP contribution in [0.2, 0.25) is 0 Å². The Morgan fingerprint density at radius 1 is 1.16 bits per heavy atom. The van der Waals surface area contributed by atoms with Crippen molar-refractivity contribution in [2.24, 2.45) is 0 Å². The van der Waals surface area contributed by atoms with Crippen LogP contribution in [0.4, 0.5) is 14.7 Å². The summed E-state index contributed by atoms with van der Waals surface area (Å²) in [5.74, 6) is -1.74. The maximum absolute atomic E-state index is 13.9. The van der Waals surface area contributed by atoms with E-state index in [1.165, 1.54) is 10.6 Å². The number of anilines is 1. The number of pyridine rings is 1. The van der Waals surface area contributed by atoms with Crippen LogP contribution in [0.5, 0.6) is 0 Å². The van der Waals surface area contributed by atoms with E-state index in [9.17, 15) is 8.78 Å². The second-order valence-corrected chi connectivity index (χ2v) is 4.11. The van der Waals surface area contributed by atoms with Crippen LogP contribution in [-0.2, 0) is 6.54 Å². The standard InChI is InChI=1S/C13H10F2N4/c14-9-4-5-10-12(11(9)15)19(13(16)18-10)7-8-3-1-2-6-17-8/h1-6H,7H2,(H2,16,18). The van der Waals surface area contributed by atoms with Crippen molar-refractivity contribution in [1.82, 2.24) is 14.5 Å². The monoisotopic (exact) mass is 260 g/mol. The molecule has 0 aliphatic carbocycles. The van der Waals surface area contributed by atoms with Crippen molar-refractivity contribution in [2.45, 2.75) is 6.54 Å². The summed E-state index contributed by atoms with van der Waals surface area (Å²) in [6.45, 7) is 0.240. The Kier molecular flexibility index (Phi) is 2.63. The summed E-state index contributed by atoms with van der Waals surface area (Å²) in [6, 6.07) is 7.81. The zero-order valence-electron chi connectivity index (χ0n) is 9.85. The largest absolute Gasteiger partial charge is 0.369 e. The predicted octanol–water partition coefficient (Wildman–Crippen LogP) is 2.34. The Morgan fingerprint density at radius 3 is 2.74 bits per heavy atom. The molecule has 0 aliphatic rings. The third kappa shape index (κ3) is 1.91. The average molecular weight is 260 g/mol. The Morgan fingerprint density at radius 2 is 2.00 bits per heavy atom. The molecule has 0 atom stereocenters. The van der Waals surface area contributed by atoms with Crippen LogP contribution < -0.4 is 5.73 Å². The average Bonchev–Trinajstić information content (AvgIpc) is 2.73. The number of hydrogen-bond donors (Lipinski definition) is 1. The van der Waals surface area contributed by atoms with Crippen LogP contribution in [0.3, 0.4) is 0 Å². The van der Waals surface area contributed by atoms with E-state index in [0.717, 1.165) is 6.07 Å². The van der Waals surface area contributed by atoms with Crippen molar-refractivity contribution in [2.75, 3.05) is 5.73 Å². The Bertz CT molecular complexity index is 737. The summed E-state index contributed by atoms with van der Waals surface area (Å²) in [5.41, 5.74) is 6.83. The summed E-state index contributed by atoms with van der Waals surface area (Å²) in [7, 11) is 0. The molecule has 4 nitrogen and oxygen atoms in total. The molecule has 2 N–H and O–H groups in total. The number of fused-ring (bicyclic) bond motifs is 1. The minimum absolute atomic E-state index is 0.0585. The zero-order chi connectivity index (χ0) is 13.4. The van der Waals surface area contributed by atoms with E-state index < -0.39 is 11.6 Å². The van der Waals surface area contributed by atoms with Gasteiger partial charge in [-0.3, -0.25) is 4.98 Å². The van der Waals surface area contributed by atoms with Gasteiger partial charge < -0.3 is 10.3 Å². The van der Waals surface area contributed by atoms with Gasteiger partial charge in [0.05, 0.1) is 17.8 Å². The minimum Gasteiger partial charge on any atom is -0.369 e. The molecule has 6 heteroatoms. The minimum atomic E-state index is -0.947. The summed E-state index contributed by atoms with van der Waals surface area (Å²) in [5, 5.41) is 0. The van der Waals surface area contributed by atoms with Gasteiger partial charge in [-0.1, -0.05) is 6.07 Å². The first-order valence-corrected chi connectivity index (χ1v) is 5.66. The van der Waals surface area contributed by atoms with Crippen LogP contribution in [0.25, 0.3) is 11.0 Å². The molecular formula is C13H10F2N4. The normalized spacial score (nSPS) is 11.1. The van der Waals surface area contributed by atoms with Gasteiger partial charge in [-0.05, 0) is 24.3 Å². The number of hydrogen-bond acceptors (Lipinski definition) is 3. The molecule has 3 aromatic rings. The zero-order valence-corrected chi connectivity index (χ0v) is 9.85. The second kappa shape index (κ2) is 4.31. The van der Waals surface area contributed by atoms with Crippen molar-refractivity contribution < 1.29 is 8.78 Å². The molecule has 2 heterocycles. The highest BCUT2D eigenvalue weighted by atomic mass is 19.2. The predicted molar refractivity (Wildman–Crippen MR) is 67.4 cm³/mol. The van der Waals surface area contributed by atoms with Gasteiger partial charge in [0.2, 0.25) is 5.95 Å². The fourth-order valence-electron chi connectivity index (χ4n) is 1.99. The summed E-state index contributed by atoms with van der Waals surface area (Å²) in [6.07, 6.45) is 1.63. The molecule has 0 spiro atoms. The molecule has 0 bridgehead atoms. The number of rotatable bonds is 2. The number of nitrogen functional groups attached to an aromatic ring is 1. The lowest BCUT2D eigenvalue weighted by molar-refractivity contribution is 0.512. The topological polar surface area (TPSA) is 56.7 Å². The van der Waals surface area contributed by atoms with Crippen LogP contribution in [-0.4, -0.2) is 14.5 Å². The molecule has 0 aliphatic heterocycles. The third-order valence-electron chi connectivity index (χ3n) is 2.88. The molecule has 0 radical (unpaired) electrons. The summed E-state index contributed by atoms with van der Waals surface area (Å²) < 4.78 is 28.6. The van der Waals surface area contributed by atoms with Crippen molar-refractivity contribution in [3.63, 3.8) is 0 Å². The van der Waals surface area contributed by atoms with Gasteiger partial charge in [-0.2, -0.15) is 0 Å². The van der Waals surface area contributed by atoms with E-state index in [0.29, 0.717) is 11.2 Å². The molecule has 19 heavy (non-hydrogen) atoms. The molecule has 96 valence electrons. The fraction of sp³-hybridized carbons (Fsp3) is 0.0769. The number of aromatic nitrogens is 3. The first-order valence-electron chi connectivity index (χ1n) is 5.66. The second-order valence-electron chi connectivity index (χ2n) is 4.11. The van der Waals surface area contributed by atoms with Gasteiger partial charge >= 0.3 is 0 Å². The molecule has 3 rings (SSSR count). The van der Waals surface area contributed by atoms with E-state index >= 15 is 0 Å². The molecule has 0 amide bonds.